The number of nitrogens with one attached hydrogen (secondary N) is 1. The molecule has 0 aliphatic carbocycles. The normalized spacial score (nSPS) is 11.5. The first-order valence-electron chi connectivity index (χ1n) is 7.19. The Morgan fingerprint density at radius 2 is 1.78 bits per heavy atom. The van der Waals surface area contributed by atoms with Gasteiger partial charge in [0, 0.05) is 26.2 Å². The third-order valence-electron chi connectivity index (χ3n) is 3.46. The number of amides is 1. The van der Waals surface area contributed by atoms with Gasteiger partial charge in [0.1, 0.15) is 0 Å². The van der Waals surface area contributed by atoms with E-state index in [-0.39, 0.29) is 10.8 Å². The molecule has 2 aromatic carbocycles. The summed E-state index contributed by atoms with van der Waals surface area (Å²) in [5.74, 6) is -0.190. The Morgan fingerprint density at radius 3 is 2.35 bits per heavy atom. The van der Waals surface area contributed by atoms with Crippen LogP contribution in [0.15, 0.2) is 53.4 Å². The minimum Gasteiger partial charge on any atom is -0.326 e. The fourth-order valence-electron chi connectivity index (χ4n) is 2.23. The molecule has 0 saturated heterocycles. The van der Waals surface area contributed by atoms with E-state index in [2.05, 4.69) is 5.32 Å². The molecule has 5 nitrogen and oxygen atoms in total. The number of benzene rings is 2. The lowest BCUT2D eigenvalue weighted by Crippen LogP contribution is -2.26. The minimum absolute atomic E-state index is 0.190. The molecule has 0 spiro atoms. The predicted octanol–water partition coefficient (Wildman–Crippen LogP) is 2.77. The Morgan fingerprint density at radius 1 is 1.13 bits per heavy atom. The molecule has 0 radical (unpaired) electrons. The van der Waals surface area contributed by atoms with E-state index in [1.165, 1.54) is 17.3 Å². The summed E-state index contributed by atoms with van der Waals surface area (Å²) in [6.45, 7) is 3.48. The van der Waals surface area contributed by atoms with E-state index in [1.807, 2.05) is 30.3 Å². The molecule has 0 aliphatic heterocycles. The molecule has 0 fully saturated rings. The van der Waals surface area contributed by atoms with E-state index in [9.17, 15) is 13.2 Å². The molecule has 0 atom stereocenters. The van der Waals surface area contributed by atoms with Crippen LogP contribution >= 0.6 is 0 Å². The van der Waals surface area contributed by atoms with Crippen molar-refractivity contribution in [3.63, 3.8) is 0 Å². The third kappa shape index (κ3) is 4.18. The summed E-state index contributed by atoms with van der Waals surface area (Å²) in [4.78, 5) is 11.3. The van der Waals surface area contributed by atoms with Gasteiger partial charge in [-0.1, -0.05) is 30.3 Å². The van der Waals surface area contributed by atoms with E-state index in [0.717, 1.165) is 5.56 Å². The summed E-state index contributed by atoms with van der Waals surface area (Å²) in [5, 5.41) is 2.67. The van der Waals surface area contributed by atoms with Crippen LogP contribution in [-0.2, 0) is 21.4 Å². The molecular formula is C17H20N2O3S. The Labute approximate surface area is 137 Å². The van der Waals surface area contributed by atoms with Crippen molar-refractivity contribution in [2.75, 3.05) is 12.4 Å². The molecule has 122 valence electrons. The van der Waals surface area contributed by atoms with Gasteiger partial charge < -0.3 is 5.32 Å². The smallest absolute Gasteiger partial charge is 0.243 e. The lowest BCUT2D eigenvalue weighted by molar-refractivity contribution is -0.114. The zero-order valence-electron chi connectivity index (χ0n) is 13.4. The van der Waals surface area contributed by atoms with Gasteiger partial charge >= 0.3 is 0 Å². The zero-order chi connectivity index (χ0) is 17.0. The Balaban J connectivity index is 2.25. The van der Waals surface area contributed by atoms with Crippen molar-refractivity contribution in [2.24, 2.45) is 0 Å². The second-order valence-corrected chi connectivity index (χ2v) is 7.45. The number of anilines is 1. The maximum absolute atomic E-state index is 12.7. The van der Waals surface area contributed by atoms with E-state index in [0.29, 0.717) is 17.8 Å². The maximum Gasteiger partial charge on any atom is 0.243 e. The van der Waals surface area contributed by atoms with Crippen LogP contribution in [0.2, 0.25) is 0 Å². The standard InChI is InChI=1S/C17H20N2O3S/c1-13-11-16(9-10-17(13)18-14(2)20)23(21,22)19(3)12-15-7-5-4-6-8-15/h4-11H,12H2,1-3H3,(H,18,20). The number of sulfonamides is 1. The summed E-state index contributed by atoms with van der Waals surface area (Å²) in [7, 11) is -2.03. The number of hydrogen-bond acceptors (Lipinski definition) is 3. The average molecular weight is 332 g/mol. The molecule has 0 unspecified atom stereocenters. The SMILES string of the molecule is CC(=O)Nc1ccc(S(=O)(=O)N(C)Cc2ccccc2)cc1C. The van der Waals surface area contributed by atoms with Crippen LogP contribution in [0, 0.1) is 6.92 Å². The number of carbonyl (C=O) groups excluding carboxylic acids is 1. The minimum atomic E-state index is -3.58. The van der Waals surface area contributed by atoms with E-state index in [4.69, 9.17) is 0 Å². The molecule has 0 saturated carbocycles. The molecule has 0 aromatic heterocycles. The summed E-state index contributed by atoms with van der Waals surface area (Å²) < 4.78 is 26.6. The van der Waals surface area contributed by atoms with Gasteiger partial charge in [0.25, 0.3) is 0 Å². The van der Waals surface area contributed by atoms with Crippen molar-refractivity contribution in [3.8, 4) is 0 Å². The van der Waals surface area contributed by atoms with Crippen molar-refractivity contribution in [2.45, 2.75) is 25.3 Å². The predicted molar refractivity (Wildman–Crippen MR) is 90.6 cm³/mol. The van der Waals surface area contributed by atoms with Crippen molar-refractivity contribution in [1.82, 2.24) is 4.31 Å². The highest BCUT2D eigenvalue weighted by molar-refractivity contribution is 7.89. The topological polar surface area (TPSA) is 66.5 Å². The van der Waals surface area contributed by atoms with Crippen LogP contribution in [0.1, 0.15) is 18.1 Å². The number of rotatable bonds is 5. The van der Waals surface area contributed by atoms with Crippen molar-refractivity contribution < 1.29 is 13.2 Å². The average Bonchev–Trinajstić information content (AvgIpc) is 2.49. The van der Waals surface area contributed by atoms with Crippen LogP contribution in [0.25, 0.3) is 0 Å². The number of carbonyl (C=O) groups is 1. The molecule has 2 rings (SSSR count). The number of aryl methyl sites for hydroxylation is 1. The molecule has 0 heterocycles. The van der Waals surface area contributed by atoms with Gasteiger partial charge in [0.2, 0.25) is 15.9 Å². The number of hydrogen-bond donors (Lipinski definition) is 1. The molecule has 1 N–H and O–H groups in total. The zero-order valence-corrected chi connectivity index (χ0v) is 14.2. The second-order valence-electron chi connectivity index (χ2n) is 5.40. The van der Waals surface area contributed by atoms with Gasteiger partial charge in [0.05, 0.1) is 4.90 Å². The van der Waals surface area contributed by atoms with Gasteiger partial charge in [-0.15, -0.1) is 0 Å². The summed E-state index contributed by atoms with van der Waals surface area (Å²) >= 11 is 0. The molecule has 23 heavy (non-hydrogen) atoms. The fraction of sp³-hybridized carbons (Fsp3) is 0.235. The molecule has 2 aromatic rings. The van der Waals surface area contributed by atoms with Crippen molar-refractivity contribution in [3.05, 3.63) is 59.7 Å². The Kier molecular flexibility index (Phi) is 5.18. The van der Waals surface area contributed by atoms with Gasteiger partial charge in [-0.25, -0.2) is 8.42 Å². The van der Waals surface area contributed by atoms with Gasteiger partial charge in [0.15, 0.2) is 0 Å². The first-order valence-corrected chi connectivity index (χ1v) is 8.63. The molecule has 6 heteroatoms. The number of nitrogens with zero attached hydrogens (tertiary/aromatic N) is 1. The highest BCUT2D eigenvalue weighted by Gasteiger charge is 2.21. The van der Waals surface area contributed by atoms with Crippen molar-refractivity contribution in [1.29, 1.82) is 0 Å². The monoisotopic (exact) mass is 332 g/mol. The summed E-state index contributed by atoms with van der Waals surface area (Å²) in [5.41, 5.74) is 2.24. The van der Waals surface area contributed by atoms with Crippen LogP contribution in [0.4, 0.5) is 5.69 Å². The van der Waals surface area contributed by atoms with E-state index >= 15 is 0 Å². The van der Waals surface area contributed by atoms with Crippen LogP contribution in [0.3, 0.4) is 0 Å². The quantitative estimate of drug-likeness (QED) is 0.915. The molecule has 0 aliphatic rings. The molecule has 1 amide bonds. The van der Waals surface area contributed by atoms with E-state index in [1.54, 1.807) is 26.1 Å². The fourth-order valence-corrected chi connectivity index (χ4v) is 3.48. The Hall–Kier alpha value is -2.18. The van der Waals surface area contributed by atoms with Gasteiger partial charge in [-0.3, -0.25) is 4.79 Å². The Bertz CT molecular complexity index is 802. The van der Waals surface area contributed by atoms with Gasteiger partial charge in [-0.2, -0.15) is 4.31 Å². The second kappa shape index (κ2) is 6.93. The highest BCUT2D eigenvalue weighted by Crippen LogP contribution is 2.22. The van der Waals surface area contributed by atoms with Crippen LogP contribution in [0.5, 0.6) is 0 Å². The lowest BCUT2D eigenvalue weighted by atomic mass is 10.2. The highest BCUT2D eigenvalue weighted by atomic mass is 32.2. The molecular weight excluding hydrogens is 312 g/mol. The first-order chi connectivity index (χ1) is 10.8. The van der Waals surface area contributed by atoms with E-state index < -0.39 is 10.0 Å². The first kappa shape index (κ1) is 17.2. The summed E-state index contributed by atoms with van der Waals surface area (Å²) in [6.07, 6.45) is 0. The van der Waals surface area contributed by atoms with Gasteiger partial charge in [-0.05, 0) is 36.2 Å². The largest absolute Gasteiger partial charge is 0.326 e. The molecule has 0 bridgehead atoms. The lowest BCUT2D eigenvalue weighted by Gasteiger charge is -2.18. The third-order valence-corrected chi connectivity index (χ3v) is 5.26. The van der Waals surface area contributed by atoms with Crippen LogP contribution < -0.4 is 5.32 Å². The maximum atomic E-state index is 12.7. The van der Waals surface area contributed by atoms with Crippen LogP contribution in [-0.4, -0.2) is 25.7 Å². The van der Waals surface area contributed by atoms with Crippen molar-refractivity contribution >= 4 is 21.6 Å². The summed E-state index contributed by atoms with van der Waals surface area (Å²) in [6, 6.07) is 14.1.